The molecule has 0 aliphatic heterocycles. The van der Waals surface area contributed by atoms with E-state index in [0.29, 0.717) is 10.8 Å². The molecule has 4 heteroatoms. The molecule has 0 spiro atoms. The van der Waals surface area contributed by atoms with Crippen LogP contribution in [0.4, 0.5) is 0 Å². The predicted molar refractivity (Wildman–Crippen MR) is 123 cm³/mol. The molecule has 4 aromatic carbocycles. The number of hydrogen-bond acceptors (Lipinski definition) is 3. The molecule has 0 aliphatic rings. The van der Waals surface area contributed by atoms with E-state index in [2.05, 4.69) is 6.07 Å². The van der Waals surface area contributed by atoms with Crippen LogP contribution in [0, 0.1) is 0 Å². The van der Waals surface area contributed by atoms with Crippen molar-refractivity contribution >= 4 is 44.4 Å². The highest BCUT2D eigenvalue weighted by atomic mass is 35.5. The SMILES string of the molecule is Clc1cc(-c2nc(-c3ccccc3)nc3ccccc23)c2oc3ccccc3c2c1. The van der Waals surface area contributed by atoms with Gasteiger partial charge in [0, 0.05) is 32.3 Å². The summed E-state index contributed by atoms with van der Waals surface area (Å²) in [6, 6.07) is 29.9. The molecule has 0 saturated carbocycles. The lowest BCUT2D eigenvalue weighted by atomic mass is 10.0. The molecule has 3 nitrogen and oxygen atoms in total. The molecule has 0 amide bonds. The van der Waals surface area contributed by atoms with Crippen molar-refractivity contribution < 1.29 is 4.42 Å². The third-order valence-electron chi connectivity index (χ3n) is 5.33. The van der Waals surface area contributed by atoms with Crippen LogP contribution in [0.2, 0.25) is 5.02 Å². The minimum atomic E-state index is 0.646. The average molecular weight is 407 g/mol. The summed E-state index contributed by atoms with van der Waals surface area (Å²) < 4.78 is 6.27. The van der Waals surface area contributed by atoms with Gasteiger partial charge in [-0.15, -0.1) is 0 Å². The van der Waals surface area contributed by atoms with Gasteiger partial charge >= 0.3 is 0 Å². The zero-order chi connectivity index (χ0) is 20.1. The molecule has 30 heavy (non-hydrogen) atoms. The lowest BCUT2D eigenvalue weighted by Gasteiger charge is -2.10. The number of halogens is 1. The van der Waals surface area contributed by atoms with Crippen molar-refractivity contribution in [1.29, 1.82) is 0 Å². The molecular weight excluding hydrogens is 392 g/mol. The Hall–Kier alpha value is -3.69. The first-order valence-electron chi connectivity index (χ1n) is 9.71. The van der Waals surface area contributed by atoms with E-state index in [0.717, 1.165) is 49.7 Å². The molecule has 0 saturated heterocycles. The van der Waals surface area contributed by atoms with Crippen LogP contribution in [0.15, 0.2) is 95.4 Å². The Bertz CT molecular complexity index is 1550. The Labute approximate surface area is 177 Å². The minimum absolute atomic E-state index is 0.646. The van der Waals surface area contributed by atoms with Crippen LogP contribution in [-0.4, -0.2) is 9.97 Å². The molecule has 0 aliphatic carbocycles. The van der Waals surface area contributed by atoms with Gasteiger partial charge < -0.3 is 4.42 Å². The maximum atomic E-state index is 6.55. The van der Waals surface area contributed by atoms with Crippen molar-refractivity contribution in [3.8, 4) is 22.6 Å². The van der Waals surface area contributed by atoms with Crippen molar-refractivity contribution in [2.75, 3.05) is 0 Å². The maximum absolute atomic E-state index is 6.55. The van der Waals surface area contributed by atoms with Gasteiger partial charge in [0.2, 0.25) is 0 Å². The van der Waals surface area contributed by atoms with Crippen molar-refractivity contribution in [2.24, 2.45) is 0 Å². The number of rotatable bonds is 2. The van der Waals surface area contributed by atoms with Gasteiger partial charge in [-0.25, -0.2) is 9.97 Å². The quantitative estimate of drug-likeness (QED) is 0.298. The first kappa shape index (κ1) is 17.2. The molecular formula is C26H15ClN2O. The van der Waals surface area contributed by atoms with Gasteiger partial charge in [0.1, 0.15) is 11.2 Å². The monoisotopic (exact) mass is 406 g/mol. The number of furan rings is 1. The fourth-order valence-electron chi connectivity index (χ4n) is 3.97. The molecule has 0 atom stereocenters. The summed E-state index contributed by atoms with van der Waals surface area (Å²) in [6.07, 6.45) is 0. The molecule has 2 aromatic heterocycles. The van der Waals surface area contributed by atoms with E-state index in [1.54, 1.807) is 0 Å². The van der Waals surface area contributed by atoms with E-state index in [1.807, 2.05) is 84.9 Å². The highest BCUT2D eigenvalue weighted by Gasteiger charge is 2.18. The fourth-order valence-corrected chi connectivity index (χ4v) is 4.18. The molecule has 142 valence electrons. The van der Waals surface area contributed by atoms with Crippen LogP contribution in [0.3, 0.4) is 0 Å². The van der Waals surface area contributed by atoms with Gasteiger partial charge in [0.05, 0.1) is 11.2 Å². The molecule has 2 heterocycles. The second-order valence-corrected chi connectivity index (χ2v) is 7.64. The molecule has 0 unspecified atom stereocenters. The summed E-state index contributed by atoms with van der Waals surface area (Å²) in [5, 5.41) is 3.63. The van der Waals surface area contributed by atoms with Crippen LogP contribution in [0.1, 0.15) is 0 Å². The first-order valence-corrected chi connectivity index (χ1v) is 10.1. The third-order valence-corrected chi connectivity index (χ3v) is 5.55. The van der Waals surface area contributed by atoms with E-state index in [-0.39, 0.29) is 0 Å². The summed E-state index contributed by atoms with van der Waals surface area (Å²) in [5.41, 5.74) is 5.13. The van der Waals surface area contributed by atoms with Gasteiger partial charge in [-0.2, -0.15) is 0 Å². The van der Waals surface area contributed by atoms with Gasteiger partial charge in [0.25, 0.3) is 0 Å². The van der Waals surface area contributed by atoms with E-state index >= 15 is 0 Å². The molecule has 0 fully saturated rings. The van der Waals surface area contributed by atoms with Crippen LogP contribution in [0.5, 0.6) is 0 Å². The second kappa shape index (κ2) is 6.68. The zero-order valence-electron chi connectivity index (χ0n) is 15.8. The number of aromatic nitrogens is 2. The maximum Gasteiger partial charge on any atom is 0.160 e. The smallest absolute Gasteiger partial charge is 0.160 e. The largest absolute Gasteiger partial charge is 0.455 e. The Morgan fingerprint density at radius 3 is 2.27 bits per heavy atom. The van der Waals surface area contributed by atoms with E-state index in [9.17, 15) is 0 Å². The second-order valence-electron chi connectivity index (χ2n) is 7.21. The number of benzene rings is 4. The van der Waals surface area contributed by atoms with Crippen LogP contribution < -0.4 is 0 Å². The molecule has 6 rings (SSSR count). The molecule has 0 N–H and O–H groups in total. The fraction of sp³-hybridized carbons (Fsp3) is 0. The van der Waals surface area contributed by atoms with Crippen molar-refractivity contribution in [1.82, 2.24) is 9.97 Å². The number of nitrogens with zero attached hydrogens (tertiary/aromatic N) is 2. The van der Waals surface area contributed by atoms with Crippen LogP contribution in [0.25, 0.3) is 55.5 Å². The minimum Gasteiger partial charge on any atom is -0.455 e. The van der Waals surface area contributed by atoms with Gasteiger partial charge in [-0.3, -0.25) is 0 Å². The first-order chi connectivity index (χ1) is 14.8. The summed E-state index contributed by atoms with van der Waals surface area (Å²) in [4.78, 5) is 9.78. The van der Waals surface area contributed by atoms with Gasteiger partial charge in [-0.1, -0.05) is 78.3 Å². The van der Waals surface area contributed by atoms with Gasteiger partial charge in [0.15, 0.2) is 5.82 Å². The Morgan fingerprint density at radius 1 is 0.667 bits per heavy atom. The third kappa shape index (κ3) is 2.67. The Morgan fingerprint density at radius 2 is 1.40 bits per heavy atom. The molecule has 6 aromatic rings. The van der Waals surface area contributed by atoms with Crippen LogP contribution in [-0.2, 0) is 0 Å². The van der Waals surface area contributed by atoms with Crippen molar-refractivity contribution in [2.45, 2.75) is 0 Å². The summed E-state index contributed by atoms with van der Waals surface area (Å²) in [6.45, 7) is 0. The van der Waals surface area contributed by atoms with Gasteiger partial charge in [-0.05, 0) is 24.3 Å². The Kier molecular flexibility index (Phi) is 3.83. The molecule has 0 bridgehead atoms. The number of hydrogen-bond donors (Lipinski definition) is 0. The average Bonchev–Trinajstić information content (AvgIpc) is 3.17. The number of fused-ring (bicyclic) bond motifs is 4. The van der Waals surface area contributed by atoms with Crippen LogP contribution >= 0.6 is 11.6 Å². The lowest BCUT2D eigenvalue weighted by molar-refractivity contribution is 0.670. The highest BCUT2D eigenvalue weighted by Crippen LogP contribution is 2.40. The van der Waals surface area contributed by atoms with Crippen molar-refractivity contribution in [3.05, 3.63) is 96.0 Å². The van der Waals surface area contributed by atoms with Crippen molar-refractivity contribution in [3.63, 3.8) is 0 Å². The number of para-hydroxylation sites is 2. The van der Waals surface area contributed by atoms with E-state index in [4.69, 9.17) is 26.0 Å². The predicted octanol–water partition coefficient (Wildman–Crippen LogP) is 7.52. The van der Waals surface area contributed by atoms with E-state index < -0.39 is 0 Å². The van der Waals surface area contributed by atoms with E-state index in [1.165, 1.54) is 0 Å². The Balaban J connectivity index is 1.74. The topological polar surface area (TPSA) is 38.9 Å². The molecule has 0 radical (unpaired) electrons. The lowest BCUT2D eigenvalue weighted by Crippen LogP contribution is -1.95. The highest BCUT2D eigenvalue weighted by molar-refractivity contribution is 6.32. The zero-order valence-corrected chi connectivity index (χ0v) is 16.6. The normalized spacial score (nSPS) is 11.5. The summed E-state index contributed by atoms with van der Waals surface area (Å²) in [5.74, 6) is 0.675. The summed E-state index contributed by atoms with van der Waals surface area (Å²) in [7, 11) is 0. The summed E-state index contributed by atoms with van der Waals surface area (Å²) >= 11 is 6.55. The standard InChI is InChI=1S/C26H15ClN2O/c27-17-14-20-18-10-5-7-13-23(18)30-25(20)21(15-17)24-19-11-4-6-12-22(19)28-26(29-24)16-8-2-1-3-9-16/h1-15H.